The minimum Gasteiger partial charge on any atom is -0.458 e. The number of hydrogen-bond acceptors (Lipinski definition) is 2. The van der Waals surface area contributed by atoms with E-state index in [0.29, 0.717) is 6.71 Å². The number of benzene rings is 4. The fourth-order valence-electron chi connectivity index (χ4n) is 8.79. The molecule has 0 atom stereocenters. The van der Waals surface area contributed by atoms with Gasteiger partial charge in [-0.1, -0.05) is 127 Å². The zero-order chi connectivity index (χ0) is 27.9. The minimum atomic E-state index is -1.84. The van der Waals surface area contributed by atoms with Crippen LogP contribution in [0.1, 0.15) is 64.5 Å². The van der Waals surface area contributed by atoms with E-state index in [2.05, 4.69) is 118 Å². The molecule has 3 heterocycles. The first kappa shape index (κ1) is 25.2. The number of nitrogens with zero attached hydrogens (tertiary/aromatic N) is 1. The molecule has 0 aromatic heterocycles. The van der Waals surface area contributed by atoms with E-state index in [9.17, 15) is 0 Å². The molecule has 0 N–H and O–H groups in total. The Balaban J connectivity index is 1.38. The number of hydrogen-bond donors (Lipinski definition) is 0. The third kappa shape index (κ3) is 3.31. The van der Waals surface area contributed by atoms with E-state index in [-0.39, 0.29) is 5.41 Å². The average Bonchev–Trinajstić information content (AvgIpc) is 3.01. The van der Waals surface area contributed by atoms with Crippen LogP contribution in [0.3, 0.4) is 0 Å². The molecule has 4 aromatic rings. The molecule has 2 nitrogen and oxygen atoms in total. The largest absolute Gasteiger partial charge is 0.458 e. The molecule has 0 radical (unpaired) electrons. The van der Waals surface area contributed by atoms with Crippen LogP contribution in [0.15, 0.2) is 96.4 Å². The van der Waals surface area contributed by atoms with Gasteiger partial charge in [-0.3, -0.25) is 0 Å². The van der Waals surface area contributed by atoms with Crippen LogP contribution in [-0.4, -0.2) is 14.8 Å². The van der Waals surface area contributed by atoms with Crippen LogP contribution in [-0.2, 0) is 5.41 Å². The zero-order valence-corrected chi connectivity index (χ0v) is 25.8. The van der Waals surface area contributed by atoms with Crippen molar-refractivity contribution in [1.82, 2.24) is 0 Å². The average molecular weight is 552 g/mol. The molecule has 3 aliphatic heterocycles. The van der Waals surface area contributed by atoms with E-state index >= 15 is 0 Å². The normalized spacial score (nSPS) is 18.9. The van der Waals surface area contributed by atoms with Crippen molar-refractivity contribution < 1.29 is 4.74 Å². The second kappa shape index (κ2) is 9.00. The van der Waals surface area contributed by atoms with Crippen molar-refractivity contribution in [1.29, 1.82) is 0 Å². The monoisotopic (exact) mass is 551 g/mol. The Morgan fingerprint density at radius 3 is 2.39 bits per heavy atom. The number of allylic oxidation sites excluding steroid dienone is 2. The molecular weight excluding hydrogens is 513 g/mol. The molecule has 4 heteroatoms. The maximum atomic E-state index is 6.46. The van der Waals surface area contributed by atoms with E-state index in [4.69, 9.17) is 4.74 Å². The quantitative estimate of drug-likeness (QED) is 0.287. The molecule has 8 rings (SSSR count). The lowest BCUT2D eigenvalue weighted by Gasteiger charge is -2.48. The maximum Gasteiger partial charge on any atom is 0.241 e. The highest BCUT2D eigenvalue weighted by Gasteiger charge is 2.50. The van der Waals surface area contributed by atoms with E-state index < -0.39 is 8.07 Å². The van der Waals surface area contributed by atoms with Crippen molar-refractivity contribution in [2.45, 2.75) is 70.9 Å². The summed E-state index contributed by atoms with van der Waals surface area (Å²) >= 11 is 0. The van der Waals surface area contributed by atoms with Gasteiger partial charge in [-0.25, -0.2) is 0 Å². The van der Waals surface area contributed by atoms with Crippen molar-refractivity contribution in [3.63, 3.8) is 0 Å². The van der Waals surface area contributed by atoms with Gasteiger partial charge in [0.15, 0.2) is 5.75 Å². The Hall–Kier alpha value is -3.50. The van der Waals surface area contributed by atoms with Gasteiger partial charge in [0, 0.05) is 17.5 Å². The molecule has 1 aliphatic carbocycles. The van der Waals surface area contributed by atoms with Crippen LogP contribution >= 0.6 is 0 Å². The fourth-order valence-corrected chi connectivity index (χ4v) is 13.5. The summed E-state index contributed by atoms with van der Waals surface area (Å²) in [5.41, 5.74) is 11.3. The van der Waals surface area contributed by atoms with E-state index in [0.717, 1.165) is 30.0 Å². The van der Waals surface area contributed by atoms with Gasteiger partial charge in [-0.05, 0) is 54.7 Å². The first-order chi connectivity index (χ1) is 20.0. The van der Waals surface area contributed by atoms with Crippen LogP contribution in [0.25, 0.3) is 0 Å². The van der Waals surface area contributed by atoms with Crippen LogP contribution in [0.4, 0.5) is 11.4 Å². The van der Waals surface area contributed by atoms with E-state index in [1.807, 2.05) is 0 Å². The maximum absolute atomic E-state index is 6.46. The Bertz CT molecular complexity index is 1750. The van der Waals surface area contributed by atoms with Crippen LogP contribution < -0.4 is 36.4 Å². The van der Waals surface area contributed by atoms with E-state index in [1.165, 1.54) is 52.9 Å². The van der Waals surface area contributed by atoms with Crippen LogP contribution in [0.5, 0.6) is 5.75 Å². The summed E-state index contributed by atoms with van der Waals surface area (Å²) in [4.78, 5) is 2.51. The lowest BCUT2D eigenvalue weighted by atomic mass is 9.31. The molecule has 0 bridgehead atoms. The van der Waals surface area contributed by atoms with Gasteiger partial charge in [0.1, 0.15) is 13.8 Å². The highest BCUT2D eigenvalue weighted by molar-refractivity contribution is 7.15. The highest BCUT2D eigenvalue weighted by atomic mass is 28.3. The molecule has 4 aliphatic rings. The van der Waals surface area contributed by atoms with Gasteiger partial charge in [0.05, 0.1) is 11.4 Å². The lowest BCUT2D eigenvalue weighted by Crippen LogP contribution is -2.80. The van der Waals surface area contributed by atoms with Gasteiger partial charge in [0.2, 0.25) is 6.71 Å². The Kier molecular flexibility index (Phi) is 5.54. The van der Waals surface area contributed by atoms with Gasteiger partial charge in [0.25, 0.3) is 0 Å². The van der Waals surface area contributed by atoms with Crippen molar-refractivity contribution in [3.05, 3.63) is 108 Å². The summed E-state index contributed by atoms with van der Waals surface area (Å²) in [7, 11) is -1.84. The Labute approximate surface area is 246 Å². The molecule has 0 unspecified atom stereocenters. The zero-order valence-electron chi connectivity index (χ0n) is 24.8. The third-order valence-electron chi connectivity index (χ3n) is 10.9. The highest BCUT2D eigenvalue weighted by Crippen LogP contribution is 2.47. The topological polar surface area (TPSA) is 12.5 Å². The van der Waals surface area contributed by atoms with Crippen molar-refractivity contribution in [3.8, 4) is 5.75 Å². The number of ether oxygens (including phenoxy) is 1. The number of rotatable bonds is 3. The molecule has 4 aromatic carbocycles. The first-order valence-electron chi connectivity index (χ1n) is 15.7. The standard InChI is InChI=1S/C37H38BNOSi/c1-5-41(6-2)34-20-12-7-15-29(34)38-28-23-22-25(24-27(28)37(3,4)26-14-13-21-35(41)36(26)38)39-30-16-8-10-18-32(30)40-33-19-11-9-17-31(33)39/h7-8,10,12-16,18,20-24H,5-6,9,11,17,19H2,1-4H3. The Morgan fingerprint density at radius 2 is 1.54 bits per heavy atom. The molecule has 41 heavy (non-hydrogen) atoms. The molecule has 0 spiro atoms. The minimum absolute atomic E-state index is 0.0866. The second-order valence-electron chi connectivity index (χ2n) is 13.0. The molecular formula is C37H38BNOSi. The summed E-state index contributed by atoms with van der Waals surface area (Å²) in [5, 5.41) is 3.35. The van der Waals surface area contributed by atoms with Crippen molar-refractivity contribution in [2.75, 3.05) is 4.90 Å². The van der Waals surface area contributed by atoms with Gasteiger partial charge < -0.3 is 9.64 Å². The summed E-state index contributed by atoms with van der Waals surface area (Å²) in [6, 6.07) is 35.2. The molecule has 0 fully saturated rings. The second-order valence-corrected chi connectivity index (χ2v) is 17.6. The third-order valence-corrected chi connectivity index (χ3v) is 16.2. The predicted molar refractivity (Wildman–Crippen MR) is 177 cm³/mol. The van der Waals surface area contributed by atoms with Crippen molar-refractivity contribution in [2.24, 2.45) is 0 Å². The summed E-state index contributed by atoms with van der Waals surface area (Å²) in [6.07, 6.45) is 4.50. The van der Waals surface area contributed by atoms with Gasteiger partial charge in [-0.2, -0.15) is 0 Å². The van der Waals surface area contributed by atoms with Gasteiger partial charge >= 0.3 is 0 Å². The SMILES string of the molecule is CC[Si]1(CC)c2ccccc2B2c3ccc(N4C5=C(CCCC5)Oc5ccccc54)cc3C(C)(C)c3cccc1c32. The first-order valence-corrected chi connectivity index (χ1v) is 18.1. The molecule has 0 saturated heterocycles. The van der Waals surface area contributed by atoms with E-state index in [1.54, 1.807) is 21.3 Å². The summed E-state index contributed by atoms with van der Waals surface area (Å²) in [5.74, 6) is 2.13. The number of fused-ring (bicyclic) bond motifs is 5. The molecule has 0 saturated carbocycles. The van der Waals surface area contributed by atoms with Crippen LogP contribution in [0, 0.1) is 0 Å². The van der Waals surface area contributed by atoms with Crippen LogP contribution in [0.2, 0.25) is 12.1 Å². The number of para-hydroxylation sites is 2. The molecule has 0 amide bonds. The predicted octanol–water partition coefficient (Wildman–Crippen LogP) is 6.07. The van der Waals surface area contributed by atoms with Crippen molar-refractivity contribution >= 4 is 52.9 Å². The number of anilines is 2. The summed E-state index contributed by atoms with van der Waals surface area (Å²) < 4.78 is 6.46. The summed E-state index contributed by atoms with van der Waals surface area (Å²) in [6.45, 7) is 10.1. The smallest absolute Gasteiger partial charge is 0.241 e. The lowest BCUT2D eigenvalue weighted by molar-refractivity contribution is 0.363. The Morgan fingerprint density at radius 1 is 0.780 bits per heavy atom. The van der Waals surface area contributed by atoms with Gasteiger partial charge in [-0.15, -0.1) is 0 Å². The fraction of sp³-hybridized carbons (Fsp3) is 0.297. The molecule has 204 valence electrons.